The Morgan fingerprint density at radius 2 is 1.96 bits per heavy atom. The number of para-hydroxylation sites is 1. The molecule has 1 N–H and O–H groups in total. The minimum Gasteiger partial charge on any atom is -0.508 e. The Balaban J connectivity index is 2.25. The smallest absolute Gasteiger partial charge is 0.341 e. The van der Waals surface area contributed by atoms with Crippen LogP contribution in [0.5, 0.6) is 5.75 Å². The lowest BCUT2D eigenvalue weighted by Crippen LogP contribution is -2.08. The molecule has 3 aromatic rings. The van der Waals surface area contributed by atoms with E-state index in [0.29, 0.717) is 10.9 Å². The van der Waals surface area contributed by atoms with Gasteiger partial charge in [0.1, 0.15) is 17.1 Å². The Morgan fingerprint density at radius 1 is 1.17 bits per heavy atom. The molecule has 0 bridgehead atoms. The van der Waals surface area contributed by atoms with E-state index in [4.69, 9.17) is 9.15 Å². The maximum absolute atomic E-state index is 12.3. The zero-order valence-corrected chi connectivity index (χ0v) is 12.4. The van der Waals surface area contributed by atoms with Crippen LogP contribution in [0.25, 0.3) is 22.3 Å². The fourth-order valence-electron chi connectivity index (χ4n) is 2.35. The standard InChI is InChI=1S/C18H14O5/c1-2-22-18(21)14-8-4-7-13-15(20)10-16(23-17(13)14)11-5-3-6-12(19)9-11/h3-10,19H,2H2,1H3. The van der Waals surface area contributed by atoms with Crippen LogP contribution in [-0.4, -0.2) is 17.7 Å². The van der Waals surface area contributed by atoms with Gasteiger partial charge in [-0.2, -0.15) is 0 Å². The highest BCUT2D eigenvalue weighted by Crippen LogP contribution is 2.26. The Bertz CT molecular complexity index is 940. The van der Waals surface area contributed by atoms with Crippen molar-refractivity contribution in [1.82, 2.24) is 0 Å². The van der Waals surface area contributed by atoms with Crippen molar-refractivity contribution in [2.45, 2.75) is 6.92 Å². The Hall–Kier alpha value is -3.08. The van der Waals surface area contributed by atoms with Crippen molar-refractivity contribution in [3.63, 3.8) is 0 Å². The maximum atomic E-state index is 12.3. The first-order valence-corrected chi connectivity index (χ1v) is 7.13. The lowest BCUT2D eigenvalue weighted by molar-refractivity contribution is 0.0527. The van der Waals surface area contributed by atoms with Crippen LogP contribution in [0.4, 0.5) is 0 Å². The second-order valence-electron chi connectivity index (χ2n) is 4.93. The SMILES string of the molecule is CCOC(=O)c1cccc2c(=O)cc(-c3cccc(O)c3)oc12. The predicted octanol–water partition coefficient (Wildman–Crippen LogP) is 3.34. The number of phenolic OH excluding ortho intramolecular Hbond substituents is 1. The summed E-state index contributed by atoms with van der Waals surface area (Å²) in [5.74, 6) is -0.214. The molecule has 23 heavy (non-hydrogen) atoms. The van der Waals surface area contributed by atoms with Crippen molar-refractivity contribution in [3.05, 3.63) is 64.3 Å². The first kappa shape index (κ1) is 14.8. The van der Waals surface area contributed by atoms with Gasteiger partial charge < -0.3 is 14.3 Å². The van der Waals surface area contributed by atoms with E-state index in [1.165, 1.54) is 18.2 Å². The monoisotopic (exact) mass is 310 g/mol. The lowest BCUT2D eigenvalue weighted by atomic mass is 10.1. The lowest BCUT2D eigenvalue weighted by Gasteiger charge is -2.07. The number of rotatable bonds is 3. The fraction of sp³-hybridized carbons (Fsp3) is 0.111. The minimum atomic E-state index is -0.547. The van der Waals surface area contributed by atoms with E-state index in [-0.39, 0.29) is 34.7 Å². The third-order valence-corrected chi connectivity index (χ3v) is 3.38. The van der Waals surface area contributed by atoms with Gasteiger partial charge in [0.25, 0.3) is 0 Å². The maximum Gasteiger partial charge on any atom is 0.341 e. The Kier molecular flexibility index (Phi) is 3.85. The number of benzene rings is 2. The number of ether oxygens (including phenoxy) is 1. The van der Waals surface area contributed by atoms with Crippen molar-refractivity contribution in [3.8, 4) is 17.1 Å². The van der Waals surface area contributed by atoms with E-state index >= 15 is 0 Å². The van der Waals surface area contributed by atoms with Crippen LogP contribution in [0.3, 0.4) is 0 Å². The zero-order valence-electron chi connectivity index (χ0n) is 12.4. The molecule has 0 saturated heterocycles. The molecule has 0 saturated carbocycles. The van der Waals surface area contributed by atoms with E-state index in [1.54, 1.807) is 37.3 Å². The molecule has 0 aliphatic carbocycles. The van der Waals surface area contributed by atoms with E-state index in [9.17, 15) is 14.7 Å². The summed E-state index contributed by atoms with van der Waals surface area (Å²) in [4.78, 5) is 24.4. The van der Waals surface area contributed by atoms with E-state index in [2.05, 4.69) is 0 Å². The third kappa shape index (κ3) is 2.81. The molecule has 0 unspecified atom stereocenters. The number of esters is 1. The van der Waals surface area contributed by atoms with Crippen molar-refractivity contribution >= 4 is 16.9 Å². The normalized spacial score (nSPS) is 10.7. The molecule has 5 nitrogen and oxygen atoms in total. The summed E-state index contributed by atoms with van der Waals surface area (Å²) in [6, 6.07) is 12.4. The average molecular weight is 310 g/mol. The zero-order chi connectivity index (χ0) is 16.4. The van der Waals surface area contributed by atoms with E-state index in [1.807, 2.05) is 0 Å². The molecular weight excluding hydrogens is 296 g/mol. The topological polar surface area (TPSA) is 76.7 Å². The van der Waals surface area contributed by atoms with Gasteiger partial charge in [-0.1, -0.05) is 18.2 Å². The Morgan fingerprint density at radius 3 is 2.70 bits per heavy atom. The van der Waals surface area contributed by atoms with Crippen LogP contribution in [-0.2, 0) is 4.74 Å². The van der Waals surface area contributed by atoms with Gasteiger partial charge in [-0.15, -0.1) is 0 Å². The van der Waals surface area contributed by atoms with Gasteiger partial charge in [-0.25, -0.2) is 4.79 Å². The number of hydrogen-bond acceptors (Lipinski definition) is 5. The molecule has 0 spiro atoms. The van der Waals surface area contributed by atoms with Crippen LogP contribution in [0, 0.1) is 0 Å². The van der Waals surface area contributed by atoms with Crippen LogP contribution in [0.2, 0.25) is 0 Å². The molecule has 1 heterocycles. The average Bonchev–Trinajstić information content (AvgIpc) is 2.54. The summed E-state index contributed by atoms with van der Waals surface area (Å²) in [5.41, 5.74) is 0.652. The first-order chi connectivity index (χ1) is 11.1. The number of phenols is 1. The van der Waals surface area contributed by atoms with Gasteiger partial charge in [0.2, 0.25) is 0 Å². The third-order valence-electron chi connectivity index (χ3n) is 3.38. The van der Waals surface area contributed by atoms with Crippen LogP contribution < -0.4 is 5.43 Å². The summed E-state index contributed by atoms with van der Waals surface area (Å²) >= 11 is 0. The first-order valence-electron chi connectivity index (χ1n) is 7.13. The van der Waals surface area contributed by atoms with Crippen LogP contribution in [0.1, 0.15) is 17.3 Å². The molecule has 0 fully saturated rings. The van der Waals surface area contributed by atoms with Gasteiger partial charge in [-0.05, 0) is 31.2 Å². The highest BCUT2D eigenvalue weighted by molar-refractivity contribution is 6.02. The van der Waals surface area contributed by atoms with E-state index < -0.39 is 5.97 Å². The van der Waals surface area contributed by atoms with Gasteiger partial charge >= 0.3 is 5.97 Å². The second-order valence-corrected chi connectivity index (χ2v) is 4.93. The van der Waals surface area contributed by atoms with Crippen molar-refractivity contribution in [2.75, 3.05) is 6.61 Å². The molecule has 116 valence electrons. The molecule has 1 aromatic heterocycles. The number of aromatic hydroxyl groups is 1. The summed E-state index contributed by atoms with van der Waals surface area (Å²) in [7, 11) is 0. The van der Waals surface area contributed by atoms with Crippen molar-refractivity contribution in [1.29, 1.82) is 0 Å². The quantitative estimate of drug-likeness (QED) is 0.751. The molecule has 0 aliphatic heterocycles. The van der Waals surface area contributed by atoms with E-state index in [0.717, 1.165) is 0 Å². The fourth-order valence-corrected chi connectivity index (χ4v) is 2.35. The second kappa shape index (κ2) is 5.96. The van der Waals surface area contributed by atoms with Gasteiger partial charge in [0.15, 0.2) is 11.0 Å². The number of hydrogen-bond donors (Lipinski definition) is 1. The van der Waals surface area contributed by atoms with Crippen LogP contribution >= 0.6 is 0 Å². The van der Waals surface area contributed by atoms with Crippen molar-refractivity contribution in [2.24, 2.45) is 0 Å². The van der Waals surface area contributed by atoms with Gasteiger partial charge in [0.05, 0.1) is 12.0 Å². The molecule has 0 atom stereocenters. The van der Waals surface area contributed by atoms with Crippen LogP contribution in [0.15, 0.2) is 57.7 Å². The number of fused-ring (bicyclic) bond motifs is 1. The molecule has 0 amide bonds. The molecular formula is C18H14O5. The number of carbonyl (C=O) groups excluding carboxylic acids is 1. The van der Waals surface area contributed by atoms with Crippen molar-refractivity contribution < 1.29 is 19.1 Å². The molecule has 3 rings (SSSR count). The molecule has 5 heteroatoms. The highest BCUT2D eigenvalue weighted by atomic mass is 16.5. The summed E-state index contributed by atoms with van der Waals surface area (Å²) in [5, 5.41) is 9.88. The molecule has 2 aromatic carbocycles. The van der Waals surface area contributed by atoms with Gasteiger partial charge in [0, 0.05) is 11.6 Å². The summed E-state index contributed by atoms with van der Waals surface area (Å²) in [6.45, 7) is 1.93. The predicted molar refractivity (Wildman–Crippen MR) is 85.5 cm³/mol. The Labute approximate surface area is 131 Å². The molecule has 0 aliphatic rings. The minimum absolute atomic E-state index is 0.0592. The number of carbonyl (C=O) groups is 1. The highest BCUT2D eigenvalue weighted by Gasteiger charge is 2.16. The van der Waals surface area contributed by atoms with Gasteiger partial charge in [-0.3, -0.25) is 4.79 Å². The molecule has 0 radical (unpaired) electrons. The summed E-state index contributed by atoms with van der Waals surface area (Å²) in [6.07, 6.45) is 0. The largest absolute Gasteiger partial charge is 0.508 e. The summed E-state index contributed by atoms with van der Waals surface area (Å²) < 4.78 is 10.8.